The zero-order chi connectivity index (χ0) is 16.7. The third-order valence-corrected chi connectivity index (χ3v) is 3.25. The standard InChI is InChI=1S/C14H18N6O3/c15-7-9-18(8-6-12-4-2-1-3-5-12)13(21)10-19-11-16-14(17-19)20(22)23/h1-5,11H,6-10,15H2. The molecule has 1 heterocycles. The zero-order valence-electron chi connectivity index (χ0n) is 12.5. The fourth-order valence-electron chi connectivity index (χ4n) is 2.11. The molecule has 1 aromatic heterocycles. The van der Waals surface area contributed by atoms with E-state index >= 15 is 0 Å². The highest BCUT2D eigenvalue weighted by Crippen LogP contribution is 2.04. The molecule has 0 atom stereocenters. The Morgan fingerprint density at radius 2 is 2.04 bits per heavy atom. The highest BCUT2D eigenvalue weighted by atomic mass is 16.6. The predicted octanol–water partition coefficient (Wildman–Crippen LogP) is 0.216. The van der Waals surface area contributed by atoms with Gasteiger partial charge in [-0.2, -0.15) is 4.68 Å². The van der Waals surface area contributed by atoms with Gasteiger partial charge in [0, 0.05) is 24.7 Å². The molecule has 0 bridgehead atoms. The normalized spacial score (nSPS) is 10.5. The Balaban J connectivity index is 1.95. The van der Waals surface area contributed by atoms with Crippen molar-refractivity contribution in [2.24, 2.45) is 5.73 Å². The SMILES string of the molecule is NCCN(CCc1ccccc1)C(=O)Cn1cnc([N+](=O)[O-])n1. The molecule has 0 aliphatic carbocycles. The Morgan fingerprint density at radius 3 is 2.65 bits per heavy atom. The number of nitrogens with zero attached hydrogens (tertiary/aromatic N) is 5. The minimum Gasteiger partial charge on any atom is -0.390 e. The second-order valence-electron chi connectivity index (χ2n) is 4.90. The van der Waals surface area contributed by atoms with Crippen molar-refractivity contribution in [3.63, 3.8) is 0 Å². The van der Waals surface area contributed by atoms with Crippen molar-refractivity contribution in [1.29, 1.82) is 0 Å². The third kappa shape index (κ3) is 4.85. The van der Waals surface area contributed by atoms with Crippen LogP contribution < -0.4 is 5.73 Å². The summed E-state index contributed by atoms with van der Waals surface area (Å²) in [5, 5.41) is 14.2. The van der Waals surface area contributed by atoms with Gasteiger partial charge in [0.2, 0.25) is 12.2 Å². The quantitative estimate of drug-likeness (QED) is 0.549. The van der Waals surface area contributed by atoms with Crippen molar-refractivity contribution in [1.82, 2.24) is 19.7 Å². The van der Waals surface area contributed by atoms with Crippen molar-refractivity contribution in [3.05, 3.63) is 52.3 Å². The van der Waals surface area contributed by atoms with Gasteiger partial charge >= 0.3 is 5.95 Å². The lowest BCUT2D eigenvalue weighted by Gasteiger charge is -2.21. The van der Waals surface area contributed by atoms with E-state index in [2.05, 4.69) is 10.1 Å². The van der Waals surface area contributed by atoms with E-state index in [9.17, 15) is 14.9 Å². The molecule has 2 N–H and O–H groups in total. The molecule has 1 aromatic carbocycles. The molecule has 0 aliphatic heterocycles. The lowest BCUT2D eigenvalue weighted by atomic mass is 10.1. The molecule has 9 nitrogen and oxygen atoms in total. The molecule has 1 amide bonds. The van der Waals surface area contributed by atoms with Crippen LogP contribution in [0, 0.1) is 10.1 Å². The monoisotopic (exact) mass is 318 g/mol. The number of nitro groups is 1. The lowest BCUT2D eigenvalue weighted by Crippen LogP contribution is -2.39. The summed E-state index contributed by atoms with van der Waals surface area (Å²) in [7, 11) is 0. The van der Waals surface area contributed by atoms with Crippen LogP contribution in [0.15, 0.2) is 36.7 Å². The van der Waals surface area contributed by atoms with Crippen LogP contribution in [-0.2, 0) is 17.8 Å². The van der Waals surface area contributed by atoms with Crippen molar-refractivity contribution >= 4 is 11.9 Å². The van der Waals surface area contributed by atoms with Gasteiger partial charge in [-0.3, -0.25) is 4.79 Å². The Kier molecular flexibility index (Phi) is 5.75. The van der Waals surface area contributed by atoms with Crippen molar-refractivity contribution < 1.29 is 9.72 Å². The van der Waals surface area contributed by atoms with Gasteiger partial charge in [-0.05, 0) is 16.9 Å². The van der Waals surface area contributed by atoms with Crippen LogP contribution in [0.5, 0.6) is 0 Å². The molecule has 0 saturated heterocycles. The molecular formula is C14H18N6O3. The smallest absolute Gasteiger partial charge is 0.390 e. The van der Waals surface area contributed by atoms with E-state index in [1.54, 1.807) is 4.90 Å². The number of carbonyl (C=O) groups is 1. The molecule has 9 heteroatoms. The number of hydrogen-bond donors (Lipinski definition) is 1. The van der Waals surface area contributed by atoms with Gasteiger partial charge in [0.1, 0.15) is 6.54 Å². The second-order valence-corrected chi connectivity index (χ2v) is 4.90. The molecule has 0 unspecified atom stereocenters. The van der Waals surface area contributed by atoms with E-state index < -0.39 is 10.9 Å². The second kappa shape index (κ2) is 7.99. The Hall–Kier alpha value is -2.81. The van der Waals surface area contributed by atoms with E-state index in [1.807, 2.05) is 30.3 Å². The largest absolute Gasteiger partial charge is 0.490 e. The number of carbonyl (C=O) groups excluding carboxylic acids is 1. The van der Waals surface area contributed by atoms with Gasteiger partial charge in [0.25, 0.3) is 0 Å². The van der Waals surface area contributed by atoms with Crippen LogP contribution in [0.1, 0.15) is 5.56 Å². The summed E-state index contributed by atoms with van der Waals surface area (Å²) in [6.07, 6.45) is 1.89. The van der Waals surface area contributed by atoms with Crippen LogP contribution in [0.3, 0.4) is 0 Å². The van der Waals surface area contributed by atoms with Crippen molar-refractivity contribution in [2.75, 3.05) is 19.6 Å². The Morgan fingerprint density at radius 1 is 1.30 bits per heavy atom. The minimum absolute atomic E-state index is 0.102. The minimum atomic E-state index is -0.700. The molecule has 2 rings (SSSR count). The Labute approximate surface area is 132 Å². The molecule has 23 heavy (non-hydrogen) atoms. The first-order chi connectivity index (χ1) is 11.1. The third-order valence-electron chi connectivity index (χ3n) is 3.25. The molecular weight excluding hydrogens is 300 g/mol. The van der Waals surface area contributed by atoms with E-state index in [4.69, 9.17) is 5.73 Å². The molecule has 2 aromatic rings. The summed E-state index contributed by atoms with van der Waals surface area (Å²) in [6, 6.07) is 9.81. The van der Waals surface area contributed by atoms with Gasteiger partial charge in [0.15, 0.2) is 0 Å². The van der Waals surface area contributed by atoms with E-state index in [0.717, 1.165) is 10.2 Å². The highest BCUT2D eigenvalue weighted by Gasteiger charge is 2.18. The van der Waals surface area contributed by atoms with Crippen LogP contribution in [0.4, 0.5) is 5.95 Å². The first-order valence-electron chi connectivity index (χ1n) is 7.15. The topological polar surface area (TPSA) is 120 Å². The average molecular weight is 318 g/mol. The molecule has 0 saturated carbocycles. The fourth-order valence-corrected chi connectivity index (χ4v) is 2.11. The zero-order valence-corrected chi connectivity index (χ0v) is 12.5. The summed E-state index contributed by atoms with van der Waals surface area (Å²) in [4.78, 5) is 27.3. The predicted molar refractivity (Wildman–Crippen MR) is 82.5 cm³/mol. The van der Waals surface area contributed by atoms with Gasteiger partial charge in [-0.15, -0.1) is 0 Å². The Bertz CT molecular complexity index is 658. The van der Waals surface area contributed by atoms with E-state index in [0.29, 0.717) is 26.1 Å². The molecule has 122 valence electrons. The number of amides is 1. The summed E-state index contributed by atoms with van der Waals surface area (Å²) >= 11 is 0. The van der Waals surface area contributed by atoms with E-state index in [1.165, 1.54) is 6.33 Å². The number of aromatic nitrogens is 3. The lowest BCUT2D eigenvalue weighted by molar-refractivity contribution is -0.394. The summed E-state index contributed by atoms with van der Waals surface area (Å²) in [5.74, 6) is -0.723. The van der Waals surface area contributed by atoms with Crippen molar-refractivity contribution in [2.45, 2.75) is 13.0 Å². The number of rotatable bonds is 8. The van der Waals surface area contributed by atoms with Gasteiger partial charge in [-0.25, -0.2) is 0 Å². The maximum absolute atomic E-state index is 12.3. The molecule has 0 fully saturated rings. The van der Waals surface area contributed by atoms with Crippen LogP contribution >= 0.6 is 0 Å². The summed E-state index contributed by atoms with van der Waals surface area (Å²) in [5.41, 5.74) is 6.68. The number of benzene rings is 1. The molecule has 0 spiro atoms. The molecule has 0 aliphatic rings. The maximum atomic E-state index is 12.3. The first kappa shape index (κ1) is 16.6. The summed E-state index contributed by atoms with van der Waals surface area (Å²) < 4.78 is 1.16. The van der Waals surface area contributed by atoms with Crippen LogP contribution in [0.2, 0.25) is 0 Å². The van der Waals surface area contributed by atoms with Crippen LogP contribution in [0.25, 0.3) is 0 Å². The first-order valence-corrected chi connectivity index (χ1v) is 7.15. The highest BCUT2D eigenvalue weighted by molar-refractivity contribution is 5.75. The van der Waals surface area contributed by atoms with Crippen LogP contribution in [-0.4, -0.2) is 50.1 Å². The fraction of sp³-hybridized carbons (Fsp3) is 0.357. The molecule has 0 radical (unpaired) electrons. The summed E-state index contributed by atoms with van der Waals surface area (Å²) in [6.45, 7) is 1.19. The maximum Gasteiger partial charge on any atom is 0.490 e. The van der Waals surface area contributed by atoms with Gasteiger partial charge in [0.05, 0.1) is 0 Å². The number of nitrogens with two attached hydrogens (primary N) is 1. The van der Waals surface area contributed by atoms with Gasteiger partial charge < -0.3 is 20.7 Å². The average Bonchev–Trinajstić information content (AvgIpc) is 3.01. The van der Waals surface area contributed by atoms with Crippen molar-refractivity contribution in [3.8, 4) is 0 Å². The van der Waals surface area contributed by atoms with E-state index in [-0.39, 0.29) is 12.5 Å². The van der Waals surface area contributed by atoms with Gasteiger partial charge in [-0.1, -0.05) is 35.3 Å². The number of hydrogen-bond acceptors (Lipinski definition) is 6.